The third-order valence-corrected chi connectivity index (χ3v) is 7.61. The Morgan fingerprint density at radius 2 is 1.67 bits per heavy atom. The Hall–Kier alpha value is -4.48. The highest BCUT2D eigenvalue weighted by molar-refractivity contribution is 7.14. The van der Waals surface area contributed by atoms with Gasteiger partial charge in [0.25, 0.3) is 0 Å². The Morgan fingerprint density at radius 3 is 2.33 bits per heavy atom. The summed E-state index contributed by atoms with van der Waals surface area (Å²) in [6, 6.07) is 17.6. The van der Waals surface area contributed by atoms with E-state index in [2.05, 4.69) is 11.1 Å². The van der Waals surface area contributed by atoms with Gasteiger partial charge in [-0.3, -0.25) is 4.79 Å². The van der Waals surface area contributed by atoms with Gasteiger partial charge in [-0.05, 0) is 50.5 Å². The largest absolute Gasteiger partial charge is 0.462 e. The fourth-order valence-corrected chi connectivity index (χ4v) is 5.67. The van der Waals surface area contributed by atoms with Crippen LogP contribution in [0.3, 0.4) is 0 Å². The predicted octanol–water partition coefficient (Wildman–Crippen LogP) is 6.59. The van der Waals surface area contributed by atoms with Crippen LogP contribution in [0.2, 0.25) is 0 Å². The highest BCUT2D eigenvalue weighted by Gasteiger charge is 2.28. The van der Waals surface area contributed by atoms with Gasteiger partial charge in [-0.2, -0.15) is 5.26 Å². The molecule has 0 amide bonds. The maximum absolute atomic E-state index is 13.5. The van der Waals surface area contributed by atoms with E-state index in [1.54, 1.807) is 26.8 Å². The van der Waals surface area contributed by atoms with Gasteiger partial charge in [0, 0.05) is 27.8 Å². The average molecular weight is 541 g/mol. The van der Waals surface area contributed by atoms with E-state index in [1.807, 2.05) is 55.5 Å². The molecule has 4 aromatic rings. The number of aromatic nitrogens is 1. The number of nitrogens with one attached hydrogen (secondary N) is 1. The number of para-hydroxylation sites is 1. The van der Waals surface area contributed by atoms with Crippen molar-refractivity contribution in [2.24, 2.45) is 0 Å². The topological polar surface area (TPSA) is 109 Å². The zero-order valence-corrected chi connectivity index (χ0v) is 23.0. The van der Waals surface area contributed by atoms with Crippen LogP contribution in [-0.2, 0) is 20.7 Å². The van der Waals surface area contributed by atoms with E-state index < -0.39 is 17.7 Å². The van der Waals surface area contributed by atoms with Crippen LogP contribution in [0.5, 0.6) is 0 Å². The van der Waals surface area contributed by atoms with Crippen LogP contribution in [-0.4, -0.2) is 35.9 Å². The third kappa shape index (κ3) is 5.54. The van der Waals surface area contributed by atoms with E-state index in [1.165, 1.54) is 0 Å². The molecule has 8 heteroatoms. The van der Waals surface area contributed by atoms with E-state index in [-0.39, 0.29) is 35.6 Å². The maximum atomic E-state index is 13.5. The highest BCUT2D eigenvalue weighted by Crippen LogP contribution is 2.35. The van der Waals surface area contributed by atoms with Gasteiger partial charge in [0.1, 0.15) is 10.9 Å². The number of hydrogen-bond acceptors (Lipinski definition) is 7. The molecule has 0 radical (unpaired) electrons. The van der Waals surface area contributed by atoms with E-state index in [0.717, 1.165) is 44.6 Å². The quantitative estimate of drug-likeness (QED) is 0.146. The molecule has 7 nitrogen and oxygen atoms in total. The minimum atomic E-state index is -0.620. The molecule has 0 atom stereocenters. The molecule has 0 aliphatic carbocycles. The van der Waals surface area contributed by atoms with E-state index >= 15 is 0 Å². The van der Waals surface area contributed by atoms with Crippen molar-refractivity contribution in [3.63, 3.8) is 0 Å². The lowest BCUT2D eigenvalue weighted by Crippen LogP contribution is -2.12. The summed E-state index contributed by atoms with van der Waals surface area (Å²) in [6.07, 6.45) is 1.36. The summed E-state index contributed by atoms with van der Waals surface area (Å²) >= 11 is 1.02. The maximum Gasteiger partial charge on any atom is 0.348 e. The summed E-state index contributed by atoms with van der Waals surface area (Å²) in [4.78, 5) is 42.9. The molecule has 0 bridgehead atoms. The number of Topliss-reactive ketones (excluding diaryl/α,β-unsaturated/α-hetero) is 1. The van der Waals surface area contributed by atoms with Crippen LogP contribution in [0.1, 0.15) is 55.4 Å². The molecule has 1 N–H and O–H groups in total. The van der Waals surface area contributed by atoms with Crippen LogP contribution < -0.4 is 0 Å². The van der Waals surface area contributed by atoms with Crippen LogP contribution in [0.15, 0.2) is 54.1 Å². The second kappa shape index (κ2) is 11.9. The zero-order chi connectivity index (χ0) is 28.1. The van der Waals surface area contributed by atoms with Crippen molar-refractivity contribution in [3.05, 3.63) is 86.1 Å². The zero-order valence-electron chi connectivity index (χ0n) is 22.2. The van der Waals surface area contributed by atoms with Gasteiger partial charge in [0.05, 0.1) is 30.0 Å². The van der Waals surface area contributed by atoms with Gasteiger partial charge < -0.3 is 14.5 Å². The fraction of sp³-hybridized carbons (Fsp3) is 0.226. The van der Waals surface area contributed by atoms with E-state index in [4.69, 9.17) is 9.47 Å². The molecule has 39 heavy (non-hydrogen) atoms. The molecule has 0 saturated heterocycles. The number of hydrogen-bond donors (Lipinski definition) is 1. The number of aryl methyl sites for hydroxylation is 1. The Kier molecular flexibility index (Phi) is 8.43. The first-order valence-corrected chi connectivity index (χ1v) is 13.4. The molecule has 2 heterocycles. The lowest BCUT2D eigenvalue weighted by Gasteiger charge is -2.06. The molecule has 4 rings (SSSR count). The second-order valence-corrected chi connectivity index (χ2v) is 9.95. The Balaban J connectivity index is 1.80. The first kappa shape index (κ1) is 27.6. The molecule has 0 fully saturated rings. The molecule has 0 aliphatic rings. The standard InChI is InChI=1S/C31H28N2O5S/c1-5-37-30(35)26-19(4)29(31(36)38-6-2)39-25(26)16-24(34)21(17-32)15-23-22-14-10-11-18(3)27(22)33-28(23)20-12-8-7-9-13-20/h7-15,33H,5-6,16H2,1-4H3/b21-15+. The smallest absolute Gasteiger partial charge is 0.348 e. The predicted molar refractivity (Wildman–Crippen MR) is 152 cm³/mol. The van der Waals surface area contributed by atoms with Crippen LogP contribution in [0.25, 0.3) is 28.2 Å². The average Bonchev–Trinajstić information content (AvgIpc) is 3.46. The summed E-state index contributed by atoms with van der Waals surface area (Å²) < 4.78 is 10.3. The van der Waals surface area contributed by atoms with Crippen molar-refractivity contribution < 1.29 is 23.9 Å². The van der Waals surface area contributed by atoms with Crippen molar-refractivity contribution in [3.8, 4) is 17.3 Å². The molecule has 198 valence electrons. The number of benzene rings is 2. The number of rotatable bonds is 9. The molecule has 0 unspecified atom stereocenters. The lowest BCUT2D eigenvalue weighted by atomic mass is 9.99. The molecule has 2 aromatic carbocycles. The van der Waals surface area contributed by atoms with E-state index in [9.17, 15) is 19.6 Å². The number of carbonyl (C=O) groups excluding carboxylic acids is 3. The first-order chi connectivity index (χ1) is 18.8. The minimum Gasteiger partial charge on any atom is -0.462 e. The Morgan fingerprint density at radius 1 is 0.974 bits per heavy atom. The summed E-state index contributed by atoms with van der Waals surface area (Å²) in [6.45, 7) is 7.31. The monoisotopic (exact) mass is 540 g/mol. The summed E-state index contributed by atoms with van der Waals surface area (Å²) in [5, 5.41) is 10.9. The number of H-pyrrole nitrogens is 1. The van der Waals surface area contributed by atoms with Gasteiger partial charge >= 0.3 is 11.9 Å². The molecule has 0 saturated carbocycles. The van der Waals surface area contributed by atoms with Crippen molar-refractivity contribution in [1.82, 2.24) is 4.98 Å². The van der Waals surface area contributed by atoms with Crippen LogP contribution in [0, 0.1) is 25.2 Å². The number of esters is 2. The number of nitriles is 1. The van der Waals surface area contributed by atoms with Crippen LogP contribution >= 0.6 is 11.3 Å². The second-order valence-electron chi connectivity index (χ2n) is 8.84. The number of thiophene rings is 1. The van der Waals surface area contributed by atoms with Gasteiger partial charge in [0.2, 0.25) is 0 Å². The normalized spacial score (nSPS) is 11.3. The fourth-order valence-electron chi connectivity index (χ4n) is 4.49. The van der Waals surface area contributed by atoms with Crippen molar-refractivity contribution in [1.29, 1.82) is 5.26 Å². The third-order valence-electron chi connectivity index (χ3n) is 6.34. The SMILES string of the molecule is CCOC(=O)c1sc(CC(=O)/C(C#N)=C/c2c(-c3ccccc3)[nH]c3c(C)cccc23)c(C(=O)OCC)c1C. The number of allylic oxidation sites excluding steroid dienone is 1. The first-order valence-electron chi connectivity index (χ1n) is 12.6. The number of ether oxygens (including phenoxy) is 2. The van der Waals surface area contributed by atoms with Gasteiger partial charge in [-0.25, -0.2) is 9.59 Å². The van der Waals surface area contributed by atoms with Gasteiger partial charge in [-0.1, -0.05) is 48.5 Å². The van der Waals surface area contributed by atoms with Gasteiger partial charge in [0.15, 0.2) is 5.78 Å². The summed E-state index contributed by atoms with van der Waals surface area (Å²) in [7, 11) is 0. The lowest BCUT2D eigenvalue weighted by molar-refractivity contribution is -0.114. The van der Waals surface area contributed by atoms with Crippen LogP contribution in [0.4, 0.5) is 0 Å². The Bertz CT molecular complexity index is 1640. The molecule has 2 aromatic heterocycles. The summed E-state index contributed by atoms with van der Waals surface area (Å²) in [5.41, 5.74) is 4.91. The molecule has 0 spiro atoms. The summed E-state index contributed by atoms with van der Waals surface area (Å²) in [5.74, 6) is -1.66. The number of ketones is 1. The van der Waals surface area contributed by atoms with Crippen molar-refractivity contribution >= 4 is 46.0 Å². The van der Waals surface area contributed by atoms with Crippen molar-refractivity contribution in [2.75, 3.05) is 13.2 Å². The molecular weight excluding hydrogens is 512 g/mol. The number of nitrogens with zero attached hydrogens (tertiary/aromatic N) is 1. The number of fused-ring (bicyclic) bond motifs is 1. The highest BCUT2D eigenvalue weighted by atomic mass is 32.1. The van der Waals surface area contributed by atoms with Crippen molar-refractivity contribution in [2.45, 2.75) is 34.1 Å². The Labute approximate surface area is 230 Å². The number of carbonyl (C=O) groups is 3. The van der Waals surface area contributed by atoms with Gasteiger partial charge in [-0.15, -0.1) is 11.3 Å². The minimum absolute atomic E-state index is 0.0619. The molecule has 0 aliphatic heterocycles. The molecular formula is C31H28N2O5S. The number of aromatic amines is 1. The van der Waals surface area contributed by atoms with E-state index in [0.29, 0.717) is 10.4 Å².